The van der Waals surface area contributed by atoms with Gasteiger partial charge in [-0.2, -0.15) is 5.10 Å². The molecule has 0 aliphatic rings. The molecule has 0 aliphatic carbocycles. The molecule has 27 heavy (non-hydrogen) atoms. The summed E-state index contributed by atoms with van der Waals surface area (Å²) >= 11 is 0. The van der Waals surface area contributed by atoms with Gasteiger partial charge in [0, 0.05) is 16.3 Å². The van der Waals surface area contributed by atoms with Crippen molar-refractivity contribution in [1.29, 1.82) is 0 Å². The lowest BCUT2D eigenvalue weighted by Gasteiger charge is -2.11. The van der Waals surface area contributed by atoms with Gasteiger partial charge in [0.05, 0.1) is 37.2 Å². The van der Waals surface area contributed by atoms with Gasteiger partial charge in [-0.3, -0.25) is 5.43 Å². The highest BCUT2D eigenvalue weighted by atomic mass is 16.5. The summed E-state index contributed by atoms with van der Waals surface area (Å²) in [5.74, 6) is 1.32. The molecule has 4 rings (SSSR count). The van der Waals surface area contributed by atoms with E-state index < -0.39 is 0 Å². The van der Waals surface area contributed by atoms with E-state index in [9.17, 15) is 0 Å². The van der Waals surface area contributed by atoms with Gasteiger partial charge in [-0.25, -0.2) is 4.98 Å². The molecule has 0 aliphatic heterocycles. The van der Waals surface area contributed by atoms with Gasteiger partial charge < -0.3 is 9.47 Å². The first-order valence-corrected chi connectivity index (χ1v) is 8.59. The highest BCUT2D eigenvalue weighted by molar-refractivity contribution is 6.07. The minimum atomic E-state index is 0.648. The van der Waals surface area contributed by atoms with Crippen LogP contribution < -0.4 is 14.9 Å². The second-order valence-electron chi connectivity index (χ2n) is 5.97. The maximum absolute atomic E-state index is 5.46. The molecule has 0 amide bonds. The standard InChI is InChI=1S/C22H19N3O2/c1-26-20-13-7-8-15(22(20)27-2)14-23-25-21-16-9-3-5-11-18(16)24-19-12-6-4-10-17(19)21/h3-14H,1-2H3,(H,24,25)/b23-14+. The number of hydrazone groups is 1. The Morgan fingerprint density at radius 3 is 2.11 bits per heavy atom. The van der Waals surface area contributed by atoms with Gasteiger partial charge in [0.2, 0.25) is 0 Å². The lowest BCUT2D eigenvalue weighted by Crippen LogP contribution is -1.98. The number of aromatic nitrogens is 1. The number of rotatable bonds is 5. The topological polar surface area (TPSA) is 55.7 Å². The molecule has 4 aromatic rings. The third kappa shape index (κ3) is 3.15. The van der Waals surface area contributed by atoms with Gasteiger partial charge in [-0.15, -0.1) is 0 Å². The summed E-state index contributed by atoms with van der Waals surface area (Å²) in [7, 11) is 3.23. The largest absolute Gasteiger partial charge is 0.493 e. The average Bonchev–Trinajstić information content (AvgIpc) is 2.72. The number of nitrogens with one attached hydrogen (secondary N) is 1. The number of methoxy groups -OCH3 is 2. The Kier molecular flexibility index (Phi) is 4.58. The van der Waals surface area contributed by atoms with Crippen LogP contribution in [0.3, 0.4) is 0 Å². The summed E-state index contributed by atoms with van der Waals surface area (Å²) in [6.07, 6.45) is 1.73. The highest BCUT2D eigenvalue weighted by Crippen LogP contribution is 2.31. The summed E-state index contributed by atoms with van der Waals surface area (Å²) < 4.78 is 10.8. The second-order valence-corrected chi connectivity index (χ2v) is 5.97. The summed E-state index contributed by atoms with van der Waals surface area (Å²) in [5, 5.41) is 6.50. The number of nitrogens with zero attached hydrogens (tertiary/aromatic N) is 2. The first-order valence-electron chi connectivity index (χ1n) is 8.59. The number of hydrogen-bond donors (Lipinski definition) is 1. The molecular weight excluding hydrogens is 338 g/mol. The van der Waals surface area contributed by atoms with Crippen LogP contribution in [0.4, 0.5) is 5.69 Å². The maximum Gasteiger partial charge on any atom is 0.169 e. The first-order chi connectivity index (χ1) is 13.3. The molecule has 0 saturated heterocycles. The van der Waals surface area contributed by atoms with Gasteiger partial charge in [0.25, 0.3) is 0 Å². The van der Waals surface area contributed by atoms with Crippen molar-refractivity contribution < 1.29 is 9.47 Å². The van der Waals surface area contributed by atoms with E-state index in [1.54, 1.807) is 20.4 Å². The number of pyridine rings is 1. The van der Waals surface area contributed by atoms with E-state index in [4.69, 9.17) is 14.5 Å². The van der Waals surface area contributed by atoms with Gasteiger partial charge in [-0.05, 0) is 24.3 Å². The van der Waals surface area contributed by atoms with Crippen molar-refractivity contribution in [2.45, 2.75) is 0 Å². The summed E-state index contributed by atoms with van der Waals surface area (Å²) in [5.41, 5.74) is 6.80. The molecule has 134 valence electrons. The Labute approximate surface area is 157 Å². The minimum Gasteiger partial charge on any atom is -0.493 e. The van der Waals surface area contributed by atoms with E-state index in [0.29, 0.717) is 11.5 Å². The van der Waals surface area contributed by atoms with E-state index in [0.717, 1.165) is 33.1 Å². The Morgan fingerprint density at radius 1 is 0.815 bits per heavy atom. The van der Waals surface area contributed by atoms with Crippen LogP contribution in [0.15, 0.2) is 71.8 Å². The van der Waals surface area contributed by atoms with Crippen LogP contribution in [0, 0.1) is 0 Å². The molecule has 5 nitrogen and oxygen atoms in total. The molecule has 3 aromatic carbocycles. The van der Waals surface area contributed by atoms with Crippen molar-refractivity contribution in [1.82, 2.24) is 4.98 Å². The number of anilines is 1. The van der Waals surface area contributed by atoms with Crippen molar-refractivity contribution in [2.24, 2.45) is 5.10 Å². The minimum absolute atomic E-state index is 0.648. The molecule has 0 spiro atoms. The predicted octanol–water partition coefficient (Wildman–Crippen LogP) is 4.85. The van der Waals surface area contributed by atoms with Crippen LogP contribution in [0.5, 0.6) is 11.5 Å². The normalized spacial score (nSPS) is 11.2. The lowest BCUT2D eigenvalue weighted by molar-refractivity contribution is 0.354. The first kappa shape index (κ1) is 16.8. The van der Waals surface area contributed by atoms with Crippen LogP contribution >= 0.6 is 0 Å². The zero-order valence-corrected chi connectivity index (χ0v) is 15.1. The zero-order valence-electron chi connectivity index (χ0n) is 15.1. The summed E-state index contributed by atoms with van der Waals surface area (Å²) in [6.45, 7) is 0. The molecule has 0 unspecified atom stereocenters. The van der Waals surface area contributed by atoms with E-state index >= 15 is 0 Å². The fraction of sp³-hybridized carbons (Fsp3) is 0.0909. The van der Waals surface area contributed by atoms with Crippen molar-refractivity contribution in [2.75, 3.05) is 19.6 Å². The Bertz CT molecular complexity index is 1080. The van der Waals surface area contributed by atoms with E-state index in [1.807, 2.05) is 66.7 Å². The fourth-order valence-corrected chi connectivity index (χ4v) is 3.14. The quantitative estimate of drug-likeness (QED) is 0.315. The molecule has 0 atom stereocenters. The van der Waals surface area contributed by atoms with E-state index in [1.165, 1.54) is 0 Å². The molecule has 0 fully saturated rings. The van der Waals surface area contributed by atoms with Gasteiger partial charge >= 0.3 is 0 Å². The number of hydrogen-bond acceptors (Lipinski definition) is 5. The van der Waals surface area contributed by atoms with Crippen LogP contribution in [-0.4, -0.2) is 25.4 Å². The number of para-hydroxylation sites is 3. The second kappa shape index (κ2) is 7.33. The average molecular weight is 357 g/mol. The zero-order chi connectivity index (χ0) is 18.6. The molecule has 0 saturated carbocycles. The van der Waals surface area contributed by atoms with Gasteiger partial charge in [0.15, 0.2) is 11.5 Å². The molecular formula is C22H19N3O2. The third-order valence-electron chi connectivity index (χ3n) is 4.40. The SMILES string of the molecule is COc1cccc(/C=N/Nc2c3ccccc3nc3ccccc23)c1OC. The van der Waals surface area contributed by atoms with Crippen LogP contribution in [0.1, 0.15) is 5.56 Å². The molecule has 0 radical (unpaired) electrons. The number of benzene rings is 3. The van der Waals surface area contributed by atoms with Crippen LogP contribution in [0.25, 0.3) is 21.8 Å². The van der Waals surface area contributed by atoms with E-state index in [2.05, 4.69) is 10.5 Å². The Balaban J connectivity index is 1.77. The smallest absolute Gasteiger partial charge is 0.169 e. The van der Waals surface area contributed by atoms with Crippen LogP contribution in [-0.2, 0) is 0 Å². The van der Waals surface area contributed by atoms with Crippen molar-refractivity contribution in [3.63, 3.8) is 0 Å². The van der Waals surface area contributed by atoms with Gasteiger partial charge in [-0.1, -0.05) is 42.5 Å². The Morgan fingerprint density at radius 2 is 1.48 bits per heavy atom. The monoisotopic (exact) mass is 357 g/mol. The molecule has 1 N–H and O–H groups in total. The number of ether oxygens (including phenoxy) is 2. The van der Waals surface area contributed by atoms with E-state index in [-0.39, 0.29) is 0 Å². The summed E-state index contributed by atoms with van der Waals surface area (Å²) in [4.78, 5) is 4.73. The van der Waals surface area contributed by atoms with Crippen molar-refractivity contribution in [3.8, 4) is 11.5 Å². The van der Waals surface area contributed by atoms with Crippen molar-refractivity contribution >= 4 is 33.7 Å². The molecule has 1 heterocycles. The van der Waals surface area contributed by atoms with Gasteiger partial charge in [0.1, 0.15) is 0 Å². The Hall–Kier alpha value is -3.60. The molecule has 0 bridgehead atoms. The fourth-order valence-electron chi connectivity index (χ4n) is 3.14. The predicted molar refractivity (Wildman–Crippen MR) is 110 cm³/mol. The molecule has 1 aromatic heterocycles. The maximum atomic E-state index is 5.46. The number of fused-ring (bicyclic) bond motifs is 2. The highest BCUT2D eigenvalue weighted by Gasteiger charge is 2.09. The summed E-state index contributed by atoms with van der Waals surface area (Å²) in [6, 6.07) is 21.7. The lowest BCUT2D eigenvalue weighted by atomic mass is 10.1. The van der Waals surface area contributed by atoms with Crippen LogP contribution in [0.2, 0.25) is 0 Å². The van der Waals surface area contributed by atoms with Crippen molar-refractivity contribution in [3.05, 3.63) is 72.3 Å². The molecule has 5 heteroatoms. The third-order valence-corrected chi connectivity index (χ3v) is 4.40.